The Bertz CT molecular complexity index is 917. The number of pyridine rings is 2. The third kappa shape index (κ3) is 4.62. The highest BCUT2D eigenvalue weighted by Crippen LogP contribution is 2.34. The van der Waals surface area contributed by atoms with Crippen LogP contribution in [0.1, 0.15) is 41.2 Å². The van der Waals surface area contributed by atoms with Gasteiger partial charge in [0.05, 0.1) is 17.7 Å². The number of aryl methyl sites for hydroxylation is 1. The average Bonchev–Trinajstić information content (AvgIpc) is 2.72. The van der Waals surface area contributed by atoms with Crippen molar-refractivity contribution < 1.29 is 23.1 Å². The second kappa shape index (κ2) is 8.69. The summed E-state index contributed by atoms with van der Waals surface area (Å²) in [5, 5.41) is 13.6. The number of carbonyl (C=O) groups is 1. The number of hydrogen-bond donors (Lipinski definition) is 2. The normalized spacial score (nSPS) is 18.5. The van der Waals surface area contributed by atoms with Crippen molar-refractivity contribution in [3.8, 4) is 0 Å². The van der Waals surface area contributed by atoms with Crippen molar-refractivity contribution in [2.45, 2.75) is 39.1 Å². The van der Waals surface area contributed by atoms with Gasteiger partial charge in [0.15, 0.2) is 0 Å². The van der Waals surface area contributed by atoms with Crippen LogP contribution in [0.3, 0.4) is 0 Å². The lowest BCUT2D eigenvalue weighted by molar-refractivity contribution is -0.138. The maximum absolute atomic E-state index is 13.6. The minimum atomic E-state index is -4.72. The molecule has 0 saturated carbocycles. The molecule has 2 aromatic heterocycles. The third-order valence-corrected chi connectivity index (χ3v) is 5.28. The van der Waals surface area contributed by atoms with E-state index in [9.17, 15) is 23.1 Å². The topological polar surface area (TPSA) is 78.4 Å². The quantitative estimate of drug-likeness (QED) is 0.722. The average molecular weight is 422 g/mol. The zero-order chi connectivity index (χ0) is 22.1. The molecule has 3 heterocycles. The number of aromatic nitrogens is 2. The molecule has 1 saturated heterocycles. The van der Waals surface area contributed by atoms with Gasteiger partial charge in [0.1, 0.15) is 11.5 Å². The molecule has 2 atom stereocenters. The van der Waals surface area contributed by atoms with Crippen LogP contribution in [-0.2, 0) is 6.18 Å². The van der Waals surface area contributed by atoms with Crippen LogP contribution >= 0.6 is 0 Å². The number of alkyl halides is 3. The van der Waals surface area contributed by atoms with Crippen LogP contribution in [0.5, 0.6) is 0 Å². The van der Waals surface area contributed by atoms with E-state index in [1.807, 2.05) is 13.8 Å². The summed E-state index contributed by atoms with van der Waals surface area (Å²) in [5.41, 5.74) is -1.30. The predicted octanol–water partition coefficient (Wildman–Crippen LogP) is 2.83. The van der Waals surface area contributed by atoms with E-state index in [1.54, 1.807) is 11.8 Å². The summed E-state index contributed by atoms with van der Waals surface area (Å²) in [5.74, 6) is -0.521. The highest BCUT2D eigenvalue weighted by molar-refractivity contribution is 6.09. The molecule has 0 spiro atoms. The lowest BCUT2D eigenvalue weighted by Gasteiger charge is -2.38. The smallest absolute Gasteiger partial charge is 0.391 e. The standard InChI is InChI=1S/C21H25F3N4O2/c1-12(2)19(29)16-11-28(10-9-26-16)17-7-6-15(21(22,23)24)18(27-17)20(30)14-5-4-8-25-13(14)3/h4-8,12,16,19,26,29H,9-11H2,1-3H3. The molecule has 30 heavy (non-hydrogen) atoms. The predicted molar refractivity (Wildman–Crippen MR) is 106 cm³/mol. The van der Waals surface area contributed by atoms with E-state index in [-0.39, 0.29) is 23.3 Å². The van der Waals surface area contributed by atoms with E-state index in [2.05, 4.69) is 15.3 Å². The number of nitrogens with one attached hydrogen (secondary N) is 1. The first-order valence-corrected chi connectivity index (χ1v) is 9.80. The number of nitrogens with zero attached hydrogens (tertiary/aromatic N) is 3. The highest BCUT2D eigenvalue weighted by Gasteiger charge is 2.37. The minimum Gasteiger partial charge on any atom is -0.391 e. The number of aliphatic hydroxyl groups excluding tert-OH is 1. The zero-order valence-corrected chi connectivity index (χ0v) is 17.1. The molecule has 2 aromatic rings. The zero-order valence-electron chi connectivity index (χ0n) is 17.1. The molecule has 0 aromatic carbocycles. The first-order valence-electron chi connectivity index (χ1n) is 9.80. The number of carbonyl (C=O) groups excluding carboxylic acids is 1. The van der Waals surface area contributed by atoms with Gasteiger partial charge in [-0.15, -0.1) is 0 Å². The molecule has 162 valence electrons. The van der Waals surface area contributed by atoms with Gasteiger partial charge >= 0.3 is 6.18 Å². The molecule has 0 radical (unpaired) electrons. The fourth-order valence-electron chi connectivity index (χ4n) is 3.56. The van der Waals surface area contributed by atoms with Crippen LogP contribution in [0, 0.1) is 12.8 Å². The number of hydrogen-bond acceptors (Lipinski definition) is 6. The number of anilines is 1. The van der Waals surface area contributed by atoms with E-state index < -0.39 is 29.3 Å². The summed E-state index contributed by atoms with van der Waals surface area (Å²) in [7, 11) is 0. The van der Waals surface area contributed by atoms with E-state index in [4.69, 9.17) is 0 Å². The molecule has 3 rings (SSSR count). The van der Waals surface area contributed by atoms with Crippen molar-refractivity contribution in [3.05, 3.63) is 53.0 Å². The monoisotopic (exact) mass is 422 g/mol. The number of rotatable bonds is 5. The van der Waals surface area contributed by atoms with Gasteiger partial charge in [-0.05, 0) is 37.1 Å². The SMILES string of the molecule is Cc1ncccc1C(=O)c1nc(N2CCNC(C(O)C(C)C)C2)ccc1C(F)(F)F. The molecular weight excluding hydrogens is 397 g/mol. The van der Waals surface area contributed by atoms with E-state index in [0.717, 1.165) is 6.07 Å². The molecule has 0 amide bonds. The summed E-state index contributed by atoms with van der Waals surface area (Å²) in [6.07, 6.45) is -3.85. The fraction of sp³-hybridized carbons (Fsp3) is 0.476. The van der Waals surface area contributed by atoms with Crippen molar-refractivity contribution in [1.29, 1.82) is 0 Å². The molecule has 6 nitrogen and oxygen atoms in total. The molecule has 0 bridgehead atoms. The maximum atomic E-state index is 13.6. The molecule has 1 aliphatic heterocycles. The highest BCUT2D eigenvalue weighted by atomic mass is 19.4. The lowest BCUT2D eigenvalue weighted by atomic mass is 9.97. The Kier molecular flexibility index (Phi) is 6.42. The van der Waals surface area contributed by atoms with Crippen LogP contribution in [0.25, 0.3) is 0 Å². The molecular formula is C21H25F3N4O2. The molecule has 1 aliphatic rings. The summed E-state index contributed by atoms with van der Waals surface area (Å²) in [6.45, 7) is 6.78. The van der Waals surface area contributed by atoms with Gasteiger partial charge < -0.3 is 15.3 Å². The number of piperazine rings is 1. The van der Waals surface area contributed by atoms with Gasteiger partial charge in [0.2, 0.25) is 5.78 Å². The number of ketones is 1. The van der Waals surface area contributed by atoms with Crippen LogP contribution in [0.2, 0.25) is 0 Å². The Morgan fingerprint density at radius 2 is 2.03 bits per heavy atom. The molecule has 9 heteroatoms. The second-order valence-electron chi connectivity index (χ2n) is 7.77. The van der Waals surface area contributed by atoms with Crippen LogP contribution in [0.15, 0.2) is 30.5 Å². The van der Waals surface area contributed by atoms with Gasteiger partial charge in [-0.25, -0.2) is 4.98 Å². The molecule has 2 N–H and O–H groups in total. The summed E-state index contributed by atoms with van der Waals surface area (Å²) in [4.78, 5) is 22.9. The Hall–Kier alpha value is -2.52. The number of halogens is 3. The van der Waals surface area contributed by atoms with Crippen molar-refractivity contribution in [1.82, 2.24) is 15.3 Å². The third-order valence-electron chi connectivity index (χ3n) is 5.28. The summed E-state index contributed by atoms with van der Waals surface area (Å²) in [6, 6.07) is 4.88. The van der Waals surface area contributed by atoms with Crippen molar-refractivity contribution >= 4 is 11.6 Å². The fourth-order valence-corrected chi connectivity index (χ4v) is 3.56. The van der Waals surface area contributed by atoms with Gasteiger partial charge in [0, 0.05) is 37.1 Å². The van der Waals surface area contributed by atoms with Crippen molar-refractivity contribution in [2.75, 3.05) is 24.5 Å². The van der Waals surface area contributed by atoms with E-state index in [1.165, 1.54) is 24.4 Å². The van der Waals surface area contributed by atoms with Crippen LogP contribution < -0.4 is 10.2 Å². The van der Waals surface area contributed by atoms with E-state index in [0.29, 0.717) is 25.3 Å². The van der Waals surface area contributed by atoms with Crippen LogP contribution in [0.4, 0.5) is 19.0 Å². The molecule has 0 aliphatic carbocycles. The summed E-state index contributed by atoms with van der Waals surface area (Å²) < 4.78 is 40.8. The van der Waals surface area contributed by atoms with Crippen molar-refractivity contribution in [3.63, 3.8) is 0 Å². The van der Waals surface area contributed by atoms with Crippen molar-refractivity contribution in [2.24, 2.45) is 5.92 Å². The van der Waals surface area contributed by atoms with E-state index >= 15 is 0 Å². The molecule has 2 unspecified atom stereocenters. The lowest BCUT2D eigenvalue weighted by Crippen LogP contribution is -2.57. The Morgan fingerprint density at radius 1 is 1.30 bits per heavy atom. The largest absolute Gasteiger partial charge is 0.418 e. The minimum absolute atomic E-state index is 0.0220. The Balaban J connectivity index is 1.99. The second-order valence-corrected chi connectivity index (χ2v) is 7.77. The molecule has 1 fully saturated rings. The van der Waals surface area contributed by atoms with Gasteiger partial charge in [-0.1, -0.05) is 13.8 Å². The first-order chi connectivity index (χ1) is 14.1. The van der Waals surface area contributed by atoms with Crippen LogP contribution in [-0.4, -0.2) is 52.6 Å². The van der Waals surface area contributed by atoms with Gasteiger partial charge in [-0.2, -0.15) is 13.2 Å². The number of aliphatic hydroxyl groups is 1. The Morgan fingerprint density at radius 3 is 2.67 bits per heavy atom. The maximum Gasteiger partial charge on any atom is 0.418 e. The Labute approximate surface area is 173 Å². The first kappa shape index (κ1) is 22.2. The summed E-state index contributed by atoms with van der Waals surface area (Å²) >= 11 is 0. The van der Waals surface area contributed by atoms with Gasteiger partial charge in [-0.3, -0.25) is 9.78 Å². The van der Waals surface area contributed by atoms with Gasteiger partial charge in [0.25, 0.3) is 0 Å².